The second-order valence-electron chi connectivity index (χ2n) is 5.42. The highest BCUT2D eigenvalue weighted by atomic mass is 16.5. The van der Waals surface area contributed by atoms with Crippen LogP contribution < -0.4 is 4.74 Å². The van der Waals surface area contributed by atoms with Crippen molar-refractivity contribution in [2.24, 2.45) is 0 Å². The minimum atomic E-state index is -1.49. The summed E-state index contributed by atoms with van der Waals surface area (Å²) in [6, 6.07) is 7.12. The number of hydrogen-bond donors (Lipinski definition) is 1. The van der Waals surface area contributed by atoms with Crippen molar-refractivity contribution < 1.29 is 24.2 Å². The third-order valence-corrected chi connectivity index (χ3v) is 4.19. The number of esters is 1. The molecule has 0 radical (unpaired) electrons. The number of aliphatic hydroxyl groups excluding tert-OH is 1. The SMILES string of the molecule is C=CC(=O)N(Cc1ccc(OC)cc1)[C@@](CC)(C(=O)OC)[C@@H](C)O. The summed E-state index contributed by atoms with van der Waals surface area (Å²) >= 11 is 0. The molecule has 0 aliphatic heterocycles. The first kappa shape index (κ1) is 19.7. The molecule has 0 unspecified atom stereocenters. The zero-order chi connectivity index (χ0) is 18.3. The molecule has 0 spiro atoms. The van der Waals surface area contributed by atoms with E-state index in [2.05, 4.69) is 6.58 Å². The number of methoxy groups -OCH3 is 2. The van der Waals surface area contributed by atoms with Gasteiger partial charge in [-0.1, -0.05) is 25.6 Å². The van der Waals surface area contributed by atoms with E-state index >= 15 is 0 Å². The Balaban J connectivity index is 3.33. The Morgan fingerprint density at radius 3 is 2.29 bits per heavy atom. The van der Waals surface area contributed by atoms with Crippen LogP contribution in [0.5, 0.6) is 5.75 Å². The van der Waals surface area contributed by atoms with E-state index in [-0.39, 0.29) is 13.0 Å². The van der Waals surface area contributed by atoms with Crippen LogP contribution in [0.1, 0.15) is 25.8 Å². The highest BCUT2D eigenvalue weighted by Crippen LogP contribution is 2.29. The summed E-state index contributed by atoms with van der Waals surface area (Å²) in [5.41, 5.74) is -0.701. The lowest BCUT2D eigenvalue weighted by Gasteiger charge is -2.42. The van der Waals surface area contributed by atoms with Crippen LogP contribution in [0.4, 0.5) is 0 Å². The maximum absolute atomic E-state index is 12.4. The van der Waals surface area contributed by atoms with Crippen LogP contribution in [-0.2, 0) is 20.9 Å². The number of amides is 1. The smallest absolute Gasteiger partial charge is 0.334 e. The van der Waals surface area contributed by atoms with Gasteiger partial charge in [-0.25, -0.2) is 4.79 Å². The molecular formula is C18H25NO5. The van der Waals surface area contributed by atoms with Gasteiger partial charge in [0.2, 0.25) is 5.91 Å². The quantitative estimate of drug-likeness (QED) is 0.580. The zero-order valence-electron chi connectivity index (χ0n) is 14.6. The number of carbonyl (C=O) groups excluding carboxylic acids is 2. The molecule has 6 heteroatoms. The van der Waals surface area contributed by atoms with Gasteiger partial charge in [0, 0.05) is 6.54 Å². The lowest BCUT2D eigenvalue weighted by Crippen LogP contribution is -2.62. The average Bonchev–Trinajstić information content (AvgIpc) is 2.61. The molecule has 0 saturated carbocycles. The van der Waals surface area contributed by atoms with Crippen molar-refractivity contribution >= 4 is 11.9 Å². The first-order chi connectivity index (χ1) is 11.4. The van der Waals surface area contributed by atoms with E-state index in [0.29, 0.717) is 5.75 Å². The Labute approximate surface area is 142 Å². The standard InChI is InChI=1S/C18H25NO5/c1-6-16(21)19(12-14-8-10-15(23-4)11-9-14)18(7-2,13(3)20)17(22)24-5/h6,8-11,13,20H,1,7,12H2,2-5H3/t13-,18-/m1/s1. The highest BCUT2D eigenvalue weighted by molar-refractivity contribution is 5.93. The van der Waals surface area contributed by atoms with Crippen LogP contribution in [0.15, 0.2) is 36.9 Å². The minimum Gasteiger partial charge on any atom is -0.497 e. The third-order valence-electron chi connectivity index (χ3n) is 4.19. The zero-order valence-corrected chi connectivity index (χ0v) is 14.6. The number of hydrogen-bond acceptors (Lipinski definition) is 5. The van der Waals surface area contributed by atoms with Gasteiger partial charge in [-0.15, -0.1) is 0 Å². The van der Waals surface area contributed by atoms with Gasteiger partial charge in [-0.2, -0.15) is 0 Å². The molecule has 6 nitrogen and oxygen atoms in total. The third kappa shape index (κ3) is 3.76. The molecule has 1 amide bonds. The van der Waals surface area contributed by atoms with E-state index in [1.807, 2.05) is 0 Å². The van der Waals surface area contributed by atoms with E-state index in [1.54, 1.807) is 38.3 Å². The molecule has 0 heterocycles. The fourth-order valence-electron chi connectivity index (χ4n) is 2.75. The summed E-state index contributed by atoms with van der Waals surface area (Å²) in [6.45, 7) is 6.82. The van der Waals surface area contributed by atoms with Gasteiger partial charge >= 0.3 is 5.97 Å². The van der Waals surface area contributed by atoms with Crippen LogP contribution in [0.25, 0.3) is 0 Å². The van der Waals surface area contributed by atoms with E-state index in [4.69, 9.17) is 9.47 Å². The molecule has 1 aromatic rings. The second-order valence-corrected chi connectivity index (χ2v) is 5.42. The van der Waals surface area contributed by atoms with Crippen molar-refractivity contribution in [3.63, 3.8) is 0 Å². The van der Waals surface area contributed by atoms with Crippen LogP contribution in [0.3, 0.4) is 0 Å². The van der Waals surface area contributed by atoms with E-state index < -0.39 is 23.5 Å². The fourth-order valence-corrected chi connectivity index (χ4v) is 2.75. The number of nitrogens with zero attached hydrogens (tertiary/aromatic N) is 1. The van der Waals surface area contributed by atoms with Gasteiger partial charge in [0.15, 0.2) is 5.54 Å². The average molecular weight is 335 g/mol. The molecule has 1 N–H and O–H groups in total. The topological polar surface area (TPSA) is 76.1 Å². The highest BCUT2D eigenvalue weighted by Gasteiger charge is 2.49. The maximum Gasteiger partial charge on any atom is 0.334 e. The van der Waals surface area contributed by atoms with Gasteiger partial charge < -0.3 is 19.5 Å². The van der Waals surface area contributed by atoms with Gasteiger partial charge in [-0.05, 0) is 37.1 Å². The molecule has 0 aromatic heterocycles. The lowest BCUT2D eigenvalue weighted by atomic mass is 9.87. The first-order valence-corrected chi connectivity index (χ1v) is 7.70. The molecule has 2 atom stereocenters. The molecule has 24 heavy (non-hydrogen) atoms. The van der Waals surface area contributed by atoms with Crippen molar-refractivity contribution in [2.75, 3.05) is 14.2 Å². The lowest BCUT2D eigenvalue weighted by molar-refractivity contribution is -0.170. The minimum absolute atomic E-state index is 0.128. The largest absolute Gasteiger partial charge is 0.497 e. The second kappa shape index (κ2) is 8.49. The molecule has 0 aliphatic carbocycles. The first-order valence-electron chi connectivity index (χ1n) is 7.70. The van der Waals surface area contributed by atoms with Gasteiger partial charge in [-0.3, -0.25) is 4.79 Å². The molecule has 0 aliphatic rings. The molecule has 0 bridgehead atoms. The van der Waals surface area contributed by atoms with Crippen molar-refractivity contribution in [1.82, 2.24) is 4.90 Å². The monoisotopic (exact) mass is 335 g/mol. The number of aliphatic hydroxyl groups is 1. The van der Waals surface area contributed by atoms with Crippen LogP contribution >= 0.6 is 0 Å². The molecular weight excluding hydrogens is 310 g/mol. The Hall–Kier alpha value is -2.34. The van der Waals surface area contributed by atoms with Gasteiger partial charge in [0.25, 0.3) is 0 Å². The predicted molar refractivity (Wildman–Crippen MR) is 90.5 cm³/mol. The van der Waals surface area contributed by atoms with E-state index in [1.165, 1.54) is 18.9 Å². The predicted octanol–water partition coefficient (Wildman–Crippen LogP) is 1.91. The van der Waals surface area contributed by atoms with Crippen molar-refractivity contribution in [3.05, 3.63) is 42.5 Å². The van der Waals surface area contributed by atoms with Gasteiger partial charge in [0.1, 0.15) is 5.75 Å². The molecule has 1 rings (SSSR count). The molecule has 0 saturated heterocycles. The van der Waals surface area contributed by atoms with Gasteiger partial charge in [0.05, 0.1) is 20.3 Å². The van der Waals surface area contributed by atoms with Crippen LogP contribution in [0, 0.1) is 0 Å². The summed E-state index contributed by atoms with van der Waals surface area (Å²) in [4.78, 5) is 26.2. The van der Waals surface area contributed by atoms with Crippen LogP contribution in [-0.4, -0.2) is 47.7 Å². The van der Waals surface area contributed by atoms with Crippen molar-refractivity contribution in [1.29, 1.82) is 0 Å². The Kier molecular flexibility index (Phi) is 6.97. The number of rotatable bonds is 8. The summed E-state index contributed by atoms with van der Waals surface area (Å²) in [6.07, 6.45) is 0.212. The summed E-state index contributed by atoms with van der Waals surface area (Å²) < 4.78 is 9.98. The Morgan fingerprint density at radius 1 is 1.33 bits per heavy atom. The molecule has 1 aromatic carbocycles. The number of carbonyl (C=O) groups is 2. The van der Waals surface area contributed by atoms with Crippen molar-refractivity contribution in [3.8, 4) is 5.75 Å². The Morgan fingerprint density at radius 2 is 1.92 bits per heavy atom. The summed E-state index contributed by atoms with van der Waals surface area (Å²) in [5, 5.41) is 10.3. The molecule has 0 fully saturated rings. The van der Waals surface area contributed by atoms with E-state index in [0.717, 1.165) is 11.6 Å². The van der Waals surface area contributed by atoms with Crippen LogP contribution in [0.2, 0.25) is 0 Å². The molecule has 132 valence electrons. The van der Waals surface area contributed by atoms with Crippen molar-refractivity contribution in [2.45, 2.75) is 38.5 Å². The fraction of sp³-hybridized carbons (Fsp3) is 0.444. The van der Waals surface area contributed by atoms with E-state index in [9.17, 15) is 14.7 Å². The summed E-state index contributed by atoms with van der Waals surface area (Å²) in [7, 11) is 2.80. The maximum atomic E-state index is 12.4. The number of benzene rings is 1. The summed E-state index contributed by atoms with van der Waals surface area (Å²) in [5.74, 6) is -0.437. The Bertz CT molecular complexity index is 582. The number of ether oxygens (including phenoxy) is 2. The normalized spacial score (nSPS) is 14.2.